The average molecular weight is 331 g/mol. The maximum absolute atomic E-state index is 12.9. The van der Waals surface area contributed by atoms with E-state index in [9.17, 15) is 14.3 Å². The molecule has 5 heteroatoms. The fourth-order valence-corrected chi connectivity index (χ4v) is 2.36. The molecule has 0 aliphatic carbocycles. The molecule has 2 rings (SSSR count). The van der Waals surface area contributed by atoms with Crippen molar-refractivity contribution in [2.24, 2.45) is 0 Å². The lowest BCUT2D eigenvalue weighted by Crippen LogP contribution is -2.38. The van der Waals surface area contributed by atoms with E-state index in [2.05, 4.69) is 5.32 Å². The maximum Gasteiger partial charge on any atom is 0.220 e. The topological polar surface area (TPSA) is 58.6 Å². The van der Waals surface area contributed by atoms with Gasteiger partial charge in [-0.25, -0.2) is 4.39 Å². The number of rotatable bonds is 7. The van der Waals surface area contributed by atoms with Gasteiger partial charge in [0, 0.05) is 6.42 Å². The van der Waals surface area contributed by atoms with Crippen LogP contribution in [0.2, 0.25) is 0 Å². The Morgan fingerprint density at radius 2 is 1.96 bits per heavy atom. The summed E-state index contributed by atoms with van der Waals surface area (Å²) in [6.45, 7) is 1.65. The molecule has 0 spiro atoms. The number of benzene rings is 2. The second-order valence-corrected chi connectivity index (χ2v) is 5.91. The summed E-state index contributed by atoms with van der Waals surface area (Å²) < 4.78 is 18.1. The van der Waals surface area contributed by atoms with Crippen molar-refractivity contribution in [2.75, 3.05) is 13.7 Å². The number of nitrogens with one attached hydrogen (secondary N) is 1. The Labute approximate surface area is 141 Å². The normalized spacial score (nSPS) is 13.2. The Bertz CT molecular complexity index is 683. The van der Waals surface area contributed by atoms with Crippen molar-refractivity contribution in [2.45, 2.75) is 25.4 Å². The van der Waals surface area contributed by atoms with Crippen LogP contribution in [0.5, 0.6) is 5.75 Å². The summed E-state index contributed by atoms with van der Waals surface area (Å²) in [6, 6.07) is 13.2. The molecule has 0 aliphatic heterocycles. The molecule has 2 N–H and O–H groups in total. The second-order valence-electron chi connectivity index (χ2n) is 5.91. The number of ether oxygens (including phenoxy) is 1. The SMILES string of the molecule is COc1cccc(CCC(=O)NCC(C)(O)c2ccc(F)cc2)c1. The Hall–Kier alpha value is -2.40. The first-order chi connectivity index (χ1) is 11.4. The Balaban J connectivity index is 1.84. The van der Waals surface area contributed by atoms with Crippen LogP contribution in [0.15, 0.2) is 48.5 Å². The number of methoxy groups -OCH3 is 1. The number of amides is 1. The van der Waals surface area contributed by atoms with Crippen LogP contribution in [-0.2, 0) is 16.8 Å². The van der Waals surface area contributed by atoms with Gasteiger partial charge in [-0.05, 0) is 48.7 Å². The summed E-state index contributed by atoms with van der Waals surface area (Å²) in [5.41, 5.74) is 0.311. The highest BCUT2D eigenvalue weighted by atomic mass is 19.1. The van der Waals surface area contributed by atoms with Gasteiger partial charge in [-0.15, -0.1) is 0 Å². The summed E-state index contributed by atoms with van der Waals surface area (Å²) in [5.74, 6) is 0.240. The second kappa shape index (κ2) is 7.93. The van der Waals surface area contributed by atoms with Gasteiger partial charge >= 0.3 is 0 Å². The highest BCUT2D eigenvalue weighted by molar-refractivity contribution is 5.76. The van der Waals surface area contributed by atoms with E-state index in [-0.39, 0.29) is 18.3 Å². The number of carbonyl (C=O) groups excluding carboxylic acids is 1. The van der Waals surface area contributed by atoms with E-state index in [0.29, 0.717) is 18.4 Å². The lowest BCUT2D eigenvalue weighted by atomic mass is 9.96. The first kappa shape index (κ1) is 17.9. The van der Waals surface area contributed by atoms with Gasteiger partial charge in [0.2, 0.25) is 5.91 Å². The molecule has 1 unspecified atom stereocenters. The van der Waals surface area contributed by atoms with Crippen molar-refractivity contribution < 1.29 is 19.0 Å². The van der Waals surface area contributed by atoms with Gasteiger partial charge in [0.15, 0.2) is 0 Å². The molecule has 2 aromatic rings. The molecule has 1 atom stereocenters. The lowest BCUT2D eigenvalue weighted by Gasteiger charge is -2.24. The highest BCUT2D eigenvalue weighted by Crippen LogP contribution is 2.20. The number of aliphatic hydroxyl groups is 1. The molecule has 0 aromatic heterocycles. The van der Waals surface area contributed by atoms with Gasteiger partial charge in [-0.3, -0.25) is 4.79 Å². The van der Waals surface area contributed by atoms with Crippen LogP contribution in [0.25, 0.3) is 0 Å². The molecule has 0 saturated carbocycles. The largest absolute Gasteiger partial charge is 0.497 e. The monoisotopic (exact) mass is 331 g/mol. The molecule has 2 aromatic carbocycles. The fourth-order valence-electron chi connectivity index (χ4n) is 2.36. The predicted octanol–water partition coefficient (Wildman–Crippen LogP) is 2.79. The standard InChI is InChI=1S/C19H22FNO3/c1-19(23,15-7-9-16(20)10-8-15)13-21-18(22)11-6-14-4-3-5-17(12-14)24-2/h3-5,7-10,12,23H,6,11,13H2,1-2H3,(H,21,22). The van der Waals surface area contributed by atoms with Crippen LogP contribution >= 0.6 is 0 Å². The molecular formula is C19H22FNO3. The zero-order valence-electron chi connectivity index (χ0n) is 13.9. The Morgan fingerprint density at radius 1 is 1.25 bits per heavy atom. The molecule has 1 amide bonds. The molecule has 0 heterocycles. The smallest absolute Gasteiger partial charge is 0.220 e. The molecule has 24 heavy (non-hydrogen) atoms. The number of halogens is 1. The minimum atomic E-state index is -1.25. The molecule has 0 aliphatic rings. The van der Waals surface area contributed by atoms with E-state index in [0.717, 1.165) is 11.3 Å². The van der Waals surface area contributed by atoms with Gasteiger partial charge in [-0.1, -0.05) is 24.3 Å². The molecule has 0 radical (unpaired) electrons. The van der Waals surface area contributed by atoms with E-state index in [1.807, 2.05) is 24.3 Å². The number of hydrogen-bond donors (Lipinski definition) is 2. The van der Waals surface area contributed by atoms with Crippen molar-refractivity contribution in [1.82, 2.24) is 5.32 Å². The molecule has 0 fully saturated rings. The van der Waals surface area contributed by atoms with Crippen molar-refractivity contribution in [3.63, 3.8) is 0 Å². The van der Waals surface area contributed by atoms with Crippen LogP contribution in [0.4, 0.5) is 4.39 Å². The van der Waals surface area contributed by atoms with E-state index in [1.165, 1.54) is 24.3 Å². The summed E-state index contributed by atoms with van der Waals surface area (Å²) >= 11 is 0. The zero-order chi connectivity index (χ0) is 17.6. The average Bonchev–Trinajstić information content (AvgIpc) is 2.59. The summed E-state index contributed by atoms with van der Waals surface area (Å²) in [5, 5.41) is 13.1. The highest BCUT2D eigenvalue weighted by Gasteiger charge is 2.23. The molecule has 0 bridgehead atoms. The summed E-state index contributed by atoms with van der Waals surface area (Å²) in [6.07, 6.45) is 0.897. The van der Waals surface area contributed by atoms with Gasteiger partial charge in [0.05, 0.1) is 13.7 Å². The Morgan fingerprint density at radius 3 is 2.62 bits per heavy atom. The Kier molecular flexibility index (Phi) is 5.93. The van der Waals surface area contributed by atoms with Gasteiger partial charge in [-0.2, -0.15) is 0 Å². The quantitative estimate of drug-likeness (QED) is 0.820. The number of carbonyl (C=O) groups is 1. The van der Waals surface area contributed by atoms with Gasteiger partial charge in [0.1, 0.15) is 17.2 Å². The van der Waals surface area contributed by atoms with E-state index >= 15 is 0 Å². The molecule has 128 valence electrons. The van der Waals surface area contributed by atoms with Crippen LogP contribution < -0.4 is 10.1 Å². The minimum absolute atomic E-state index is 0.0651. The summed E-state index contributed by atoms with van der Waals surface area (Å²) in [7, 11) is 1.60. The third-order valence-electron chi connectivity index (χ3n) is 3.87. The van der Waals surface area contributed by atoms with Crippen molar-refractivity contribution >= 4 is 5.91 Å². The van der Waals surface area contributed by atoms with Crippen LogP contribution in [0.3, 0.4) is 0 Å². The van der Waals surface area contributed by atoms with Gasteiger partial charge in [0.25, 0.3) is 0 Å². The molecule has 4 nitrogen and oxygen atoms in total. The van der Waals surface area contributed by atoms with Gasteiger partial charge < -0.3 is 15.2 Å². The minimum Gasteiger partial charge on any atom is -0.497 e. The maximum atomic E-state index is 12.9. The summed E-state index contributed by atoms with van der Waals surface area (Å²) in [4.78, 5) is 12.0. The van der Waals surface area contributed by atoms with Crippen molar-refractivity contribution in [3.05, 3.63) is 65.5 Å². The first-order valence-electron chi connectivity index (χ1n) is 7.79. The lowest BCUT2D eigenvalue weighted by molar-refractivity contribution is -0.122. The fraction of sp³-hybridized carbons (Fsp3) is 0.316. The predicted molar refractivity (Wildman–Crippen MR) is 90.3 cm³/mol. The van der Waals surface area contributed by atoms with Crippen molar-refractivity contribution in [1.29, 1.82) is 0 Å². The van der Waals surface area contributed by atoms with Crippen LogP contribution in [0, 0.1) is 5.82 Å². The molecular weight excluding hydrogens is 309 g/mol. The number of hydrogen-bond acceptors (Lipinski definition) is 3. The van der Waals surface area contributed by atoms with E-state index in [4.69, 9.17) is 4.74 Å². The van der Waals surface area contributed by atoms with Crippen molar-refractivity contribution in [3.8, 4) is 5.75 Å². The third kappa shape index (κ3) is 5.06. The number of aryl methyl sites for hydroxylation is 1. The van der Waals surface area contributed by atoms with E-state index in [1.54, 1.807) is 14.0 Å². The zero-order valence-corrected chi connectivity index (χ0v) is 13.9. The molecule has 0 saturated heterocycles. The van der Waals surface area contributed by atoms with Crippen LogP contribution in [0.1, 0.15) is 24.5 Å². The van der Waals surface area contributed by atoms with E-state index < -0.39 is 5.60 Å². The third-order valence-corrected chi connectivity index (χ3v) is 3.87. The first-order valence-corrected chi connectivity index (χ1v) is 7.79. The van der Waals surface area contributed by atoms with Crippen LogP contribution in [-0.4, -0.2) is 24.7 Å².